The van der Waals surface area contributed by atoms with Crippen LogP contribution in [0.1, 0.15) is 39.0 Å². The molecule has 0 fully saturated rings. The molecular weight excluding hydrogens is 476 g/mol. The van der Waals surface area contributed by atoms with Crippen LogP contribution in [0.5, 0.6) is 0 Å². The lowest BCUT2D eigenvalue weighted by atomic mass is 10.1. The van der Waals surface area contributed by atoms with Crippen LogP contribution < -0.4 is 21.7 Å². The number of rotatable bonds is 17. The summed E-state index contributed by atoms with van der Waals surface area (Å²) in [6.45, 7) is 1.25. The summed E-state index contributed by atoms with van der Waals surface area (Å²) in [5, 5.41) is 43.2. The van der Waals surface area contributed by atoms with E-state index in [9.17, 15) is 39.0 Å². The Morgan fingerprint density at radius 2 is 1.18 bits per heavy atom. The predicted octanol–water partition coefficient (Wildman–Crippen LogP) is -2.28. The molecule has 0 aliphatic rings. The Morgan fingerprint density at radius 3 is 1.59 bits per heavy atom. The number of carbonyl (C=O) groups is 6. The van der Waals surface area contributed by atoms with Crippen LogP contribution >= 0.6 is 11.8 Å². The van der Waals surface area contributed by atoms with E-state index < -0.39 is 78.7 Å². The Kier molecular flexibility index (Phi) is 14.5. The first-order valence-corrected chi connectivity index (χ1v) is 11.7. The molecule has 0 spiro atoms. The normalized spacial score (nSPS) is 15.2. The molecule has 0 radical (unpaired) electrons. The predicted molar refractivity (Wildman–Crippen MR) is 120 cm³/mol. The highest BCUT2D eigenvalue weighted by Crippen LogP contribution is 2.07. The molecule has 0 heterocycles. The molecule has 0 aromatic rings. The quantitative estimate of drug-likeness (QED) is 0.103. The van der Waals surface area contributed by atoms with Crippen molar-refractivity contribution in [1.29, 1.82) is 0 Å². The van der Waals surface area contributed by atoms with Gasteiger partial charge in [0.2, 0.25) is 17.7 Å². The fraction of sp³-hybridized carbons (Fsp3) is 0.684. The van der Waals surface area contributed by atoms with E-state index in [1.54, 1.807) is 6.26 Å². The zero-order chi connectivity index (χ0) is 26.4. The van der Waals surface area contributed by atoms with Gasteiger partial charge in [-0.05, 0) is 38.2 Å². The van der Waals surface area contributed by atoms with E-state index in [1.807, 2.05) is 0 Å². The Balaban J connectivity index is 5.53. The van der Waals surface area contributed by atoms with Crippen LogP contribution in [0.3, 0.4) is 0 Å². The molecule has 0 rings (SSSR count). The molecule has 14 nitrogen and oxygen atoms in total. The van der Waals surface area contributed by atoms with Gasteiger partial charge >= 0.3 is 17.9 Å². The van der Waals surface area contributed by atoms with Crippen molar-refractivity contribution in [2.45, 2.75) is 69.3 Å². The van der Waals surface area contributed by atoms with E-state index in [2.05, 4.69) is 16.0 Å². The van der Waals surface area contributed by atoms with Gasteiger partial charge in [-0.3, -0.25) is 24.0 Å². The minimum atomic E-state index is -1.51. The Bertz CT molecular complexity index is 749. The maximum absolute atomic E-state index is 12.8. The van der Waals surface area contributed by atoms with E-state index in [-0.39, 0.29) is 19.3 Å². The maximum Gasteiger partial charge on any atom is 0.326 e. The number of aliphatic hydroxyl groups is 1. The average Bonchev–Trinajstić information content (AvgIpc) is 2.74. The lowest BCUT2D eigenvalue weighted by molar-refractivity contribution is -0.143. The SMILES string of the molecule is CSCCC(NC(=O)C(CCC(=O)O)NC(=O)C(N)C(C)O)C(=O)NC(CCC(=O)O)C(=O)O. The summed E-state index contributed by atoms with van der Waals surface area (Å²) in [6.07, 6.45) is -1.18. The third-order valence-electron chi connectivity index (χ3n) is 4.61. The standard InChI is InChI=1S/C19H32N4O10S/c1-9(24)15(20)18(31)22-10(3-5-13(25)26)16(29)21-11(7-8-34-2)17(30)23-12(19(32)33)4-6-14(27)28/h9-12,15,24H,3-8,20H2,1-2H3,(H,21,29)(H,22,31)(H,23,30)(H,25,26)(H,27,28)(H,32,33). The van der Waals surface area contributed by atoms with Crippen molar-refractivity contribution in [1.82, 2.24) is 16.0 Å². The van der Waals surface area contributed by atoms with Crippen LogP contribution in [-0.2, 0) is 28.8 Å². The smallest absolute Gasteiger partial charge is 0.326 e. The highest BCUT2D eigenvalue weighted by Gasteiger charge is 2.31. The highest BCUT2D eigenvalue weighted by molar-refractivity contribution is 7.98. The number of amides is 3. The van der Waals surface area contributed by atoms with Crippen LogP contribution in [-0.4, -0.2) is 98.3 Å². The summed E-state index contributed by atoms with van der Waals surface area (Å²) < 4.78 is 0. The van der Waals surface area contributed by atoms with Crippen LogP contribution in [0.25, 0.3) is 0 Å². The number of thioether (sulfide) groups is 1. The van der Waals surface area contributed by atoms with E-state index in [0.717, 1.165) is 0 Å². The summed E-state index contributed by atoms with van der Waals surface area (Å²) in [4.78, 5) is 70.7. The van der Waals surface area contributed by atoms with E-state index >= 15 is 0 Å². The van der Waals surface area contributed by atoms with Crippen molar-refractivity contribution >= 4 is 47.4 Å². The molecule has 194 valence electrons. The molecule has 0 aliphatic heterocycles. The molecule has 9 N–H and O–H groups in total. The highest BCUT2D eigenvalue weighted by atomic mass is 32.2. The van der Waals surface area contributed by atoms with Gasteiger partial charge in [0.1, 0.15) is 24.2 Å². The largest absolute Gasteiger partial charge is 0.481 e. The van der Waals surface area contributed by atoms with Gasteiger partial charge in [-0.1, -0.05) is 0 Å². The van der Waals surface area contributed by atoms with E-state index in [0.29, 0.717) is 5.75 Å². The molecule has 5 atom stereocenters. The second-order valence-electron chi connectivity index (χ2n) is 7.43. The molecular formula is C19H32N4O10S. The van der Waals surface area contributed by atoms with Gasteiger partial charge < -0.3 is 42.1 Å². The van der Waals surface area contributed by atoms with E-state index in [4.69, 9.17) is 15.9 Å². The summed E-state index contributed by atoms with van der Waals surface area (Å²) in [5.74, 6) is -6.28. The number of carbonyl (C=O) groups excluding carboxylic acids is 3. The molecule has 3 amide bonds. The van der Waals surface area contributed by atoms with Crippen molar-refractivity contribution in [2.75, 3.05) is 12.0 Å². The molecule has 0 aromatic carbocycles. The second kappa shape index (κ2) is 15.8. The zero-order valence-electron chi connectivity index (χ0n) is 18.9. The molecule has 0 bridgehead atoms. The molecule has 0 aliphatic carbocycles. The number of carboxylic acids is 3. The molecule has 5 unspecified atom stereocenters. The number of hydrogen-bond acceptors (Lipinski definition) is 9. The van der Waals surface area contributed by atoms with Crippen molar-refractivity contribution in [3.8, 4) is 0 Å². The Hall–Kier alpha value is -2.91. The van der Waals surface area contributed by atoms with E-state index in [1.165, 1.54) is 18.7 Å². The summed E-state index contributed by atoms with van der Waals surface area (Å²) in [5.41, 5.74) is 5.54. The summed E-state index contributed by atoms with van der Waals surface area (Å²) >= 11 is 1.34. The zero-order valence-corrected chi connectivity index (χ0v) is 19.7. The van der Waals surface area contributed by atoms with Crippen LogP contribution in [0.4, 0.5) is 0 Å². The van der Waals surface area contributed by atoms with Crippen LogP contribution in [0.15, 0.2) is 0 Å². The molecule has 34 heavy (non-hydrogen) atoms. The third-order valence-corrected chi connectivity index (χ3v) is 5.25. The van der Waals surface area contributed by atoms with Crippen LogP contribution in [0, 0.1) is 0 Å². The molecule has 15 heteroatoms. The Labute approximate surface area is 200 Å². The molecule has 0 saturated heterocycles. The van der Waals surface area contributed by atoms with Gasteiger partial charge in [0, 0.05) is 12.8 Å². The molecule has 0 aromatic heterocycles. The average molecular weight is 509 g/mol. The van der Waals surface area contributed by atoms with Crippen LogP contribution in [0.2, 0.25) is 0 Å². The fourth-order valence-corrected chi connectivity index (χ4v) is 3.07. The monoisotopic (exact) mass is 508 g/mol. The van der Waals surface area contributed by atoms with Gasteiger partial charge in [-0.25, -0.2) is 4.79 Å². The number of aliphatic carboxylic acids is 3. The first-order chi connectivity index (χ1) is 15.8. The maximum atomic E-state index is 12.8. The number of nitrogens with one attached hydrogen (secondary N) is 3. The summed E-state index contributed by atoms with van der Waals surface area (Å²) in [6, 6.07) is -5.55. The van der Waals surface area contributed by atoms with Gasteiger partial charge in [0.25, 0.3) is 0 Å². The summed E-state index contributed by atoms with van der Waals surface area (Å²) in [7, 11) is 0. The Morgan fingerprint density at radius 1 is 0.765 bits per heavy atom. The third kappa shape index (κ3) is 12.4. The van der Waals surface area contributed by atoms with Gasteiger partial charge in [-0.2, -0.15) is 11.8 Å². The minimum absolute atomic E-state index is 0.0663. The minimum Gasteiger partial charge on any atom is -0.481 e. The lowest BCUT2D eigenvalue weighted by Gasteiger charge is -2.25. The van der Waals surface area contributed by atoms with Crippen molar-refractivity contribution in [3.63, 3.8) is 0 Å². The second-order valence-corrected chi connectivity index (χ2v) is 8.42. The van der Waals surface area contributed by atoms with Crippen molar-refractivity contribution < 1.29 is 49.2 Å². The van der Waals surface area contributed by atoms with Crippen molar-refractivity contribution in [3.05, 3.63) is 0 Å². The lowest BCUT2D eigenvalue weighted by Crippen LogP contribution is -2.58. The first kappa shape index (κ1) is 31.1. The number of aliphatic hydroxyl groups excluding tert-OH is 1. The number of hydrogen-bond donors (Lipinski definition) is 8. The number of carboxylic acid groups (broad SMARTS) is 3. The van der Waals surface area contributed by atoms with Gasteiger partial charge in [-0.15, -0.1) is 0 Å². The first-order valence-electron chi connectivity index (χ1n) is 10.3. The fourth-order valence-electron chi connectivity index (χ4n) is 2.60. The molecule has 0 saturated carbocycles. The number of nitrogens with two attached hydrogens (primary N) is 1. The van der Waals surface area contributed by atoms with Gasteiger partial charge in [0.15, 0.2) is 0 Å². The topological polar surface area (TPSA) is 245 Å². The van der Waals surface area contributed by atoms with Crippen molar-refractivity contribution in [2.24, 2.45) is 5.73 Å². The van der Waals surface area contributed by atoms with Gasteiger partial charge in [0.05, 0.1) is 6.10 Å².